The third-order valence-electron chi connectivity index (χ3n) is 4.48. The first kappa shape index (κ1) is 21.2. The Morgan fingerprint density at radius 3 is 2.73 bits per heavy atom. The summed E-state index contributed by atoms with van der Waals surface area (Å²) in [5.74, 6) is -0.739. The van der Waals surface area contributed by atoms with Gasteiger partial charge in [0.15, 0.2) is 0 Å². The Morgan fingerprint density at radius 2 is 2.10 bits per heavy atom. The number of methoxy groups -OCH3 is 1. The number of thioether (sulfide) groups is 1. The molecule has 1 aliphatic rings. The van der Waals surface area contributed by atoms with Gasteiger partial charge >= 0.3 is 5.97 Å². The second-order valence-corrected chi connectivity index (χ2v) is 7.40. The first-order chi connectivity index (χ1) is 14.5. The van der Waals surface area contributed by atoms with E-state index in [4.69, 9.17) is 4.42 Å². The van der Waals surface area contributed by atoms with E-state index in [1.54, 1.807) is 36.4 Å². The monoisotopic (exact) mass is 425 g/mol. The summed E-state index contributed by atoms with van der Waals surface area (Å²) >= 11 is 1.10. The zero-order valence-electron chi connectivity index (χ0n) is 16.1. The lowest BCUT2D eigenvalue weighted by atomic mass is 9.87. The zero-order chi connectivity index (χ0) is 21.5. The summed E-state index contributed by atoms with van der Waals surface area (Å²) in [6.45, 7) is 0.262. The SMILES string of the molecule is COC(=O)c1ccc([C@@H]2CC(=O)NC(SCC(=O)NCc3ccco3)=C2C#N)cc1. The molecule has 1 atom stereocenters. The van der Waals surface area contributed by atoms with Crippen LogP contribution in [0.25, 0.3) is 0 Å². The average Bonchev–Trinajstić information content (AvgIpc) is 3.29. The molecule has 1 aromatic carbocycles. The molecule has 0 fully saturated rings. The molecule has 2 amide bonds. The second-order valence-electron chi connectivity index (χ2n) is 6.42. The smallest absolute Gasteiger partial charge is 0.337 e. The Kier molecular flexibility index (Phi) is 6.93. The van der Waals surface area contributed by atoms with Crippen molar-refractivity contribution in [3.63, 3.8) is 0 Å². The lowest BCUT2D eigenvalue weighted by molar-refractivity contribution is -0.121. The van der Waals surface area contributed by atoms with E-state index in [-0.39, 0.29) is 30.5 Å². The summed E-state index contributed by atoms with van der Waals surface area (Å²) in [6.07, 6.45) is 1.63. The van der Waals surface area contributed by atoms with E-state index < -0.39 is 11.9 Å². The van der Waals surface area contributed by atoms with Crippen LogP contribution in [0.4, 0.5) is 0 Å². The van der Waals surface area contributed by atoms with Crippen LogP contribution in [-0.2, 0) is 20.9 Å². The van der Waals surface area contributed by atoms with Crippen LogP contribution in [0.2, 0.25) is 0 Å². The topological polar surface area (TPSA) is 121 Å². The normalized spacial score (nSPS) is 15.9. The molecule has 0 bridgehead atoms. The Hall–Kier alpha value is -3.51. The van der Waals surface area contributed by atoms with Crippen molar-refractivity contribution >= 4 is 29.5 Å². The van der Waals surface area contributed by atoms with Gasteiger partial charge in [0, 0.05) is 12.3 Å². The number of amides is 2. The fourth-order valence-electron chi connectivity index (χ4n) is 2.97. The molecular formula is C21H19N3O5S. The molecule has 9 heteroatoms. The number of carbonyl (C=O) groups excluding carboxylic acids is 3. The van der Waals surface area contributed by atoms with Crippen LogP contribution in [0.5, 0.6) is 0 Å². The Balaban J connectivity index is 1.71. The van der Waals surface area contributed by atoms with Crippen LogP contribution >= 0.6 is 11.8 Å². The molecule has 2 aromatic rings. The number of nitrogens with one attached hydrogen (secondary N) is 2. The summed E-state index contributed by atoms with van der Waals surface area (Å²) in [7, 11) is 1.30. The number of rotatable bonds is 7. The van der Waals surface area contributed by atoms with Gasteiger partial charge in [0.2, 0.25) is 11.8 Å². The van der Waals surface area contributed by atoms with Gasteiger partial charge in [-0.05, 0) is 29.8 Å². The number of allylic oxidation sites excluding steroid dienone is 1. The second kappa shape index (κ2) is 9.80. The molecule has 154 valence electrons. The highest BCUT2D eigenvalue weighted by Gasteiger charge is 2.30. The molecule has 2 N–H and O–H groups in total. The van der Waals surface area contributed by atoms with Gasteiger partial charge < -0.3 is 19.8 Å². The Labute approximate surface area is 177 Å². The van der Waals surface area contributed by atoms with E-state index in [2.05, 4.69) is 21.4 Å². The maximum Gasteiger partial charge on any atom is 0.337 e. The van der Waals surface area contributed by atoms with Crippen LogP contribution in [0.3, 0.4) is 0 Å². The van der Waals surface area contributed by atoms with Gasteiger partial charge in [-0.2, -0.15) is 5.26 Å². The summed E-state index contributed by atoms with van der Waals surface area (Å²) in [5, 5.41) is 15.5. The van der Waals surface area contributed by atoms with Crippen molar-refractivity contribution in [2.45, 2.75) is 18.9 Å². The van der Waals surface area contributed by atoms with Gasteiger partial charge in [-0.25, -0.2) is 4.79 Å². The highest BCUT2D eigenvalue weighted by molar-refractivity contribution is 8.03. The highest BCUT2D eigenvalue weighted by atomic mass is 32.2. The molecule has 2 heterocycles. The molecule has 1 aromatic heterocycles. The molecular weight excluding hydrogens is 406 g/mol. The van der Waals surface area contributed by atoms with Crippen molar-refractivity contribution in [2.24, 2.45) is 0 Å². The number of carbonyl (C=O) groups is 3. The molecule has 8 nitrogen and oxygen atoms in total. The van der Waals surface area contributed by atoms with Crippen LogP contribution in [0.15, 0.2) is 57.7 Å². The van der Waals surface area contributed by atoms with E-state index in [9.17, 15) is 19.6 Å². The van der Waals surface area contributed by atoms with E-state index in [1.807, 2.05) is 0 Å². The van der Waals surface area contributed by atoms with Crippen LogP contribution in [0, 0.1) is 11.3 Å². The van der Waals surface area contributed by atoms with Crippen molar-refractivity contribution in [3.05, 3.63) is 70.2 Å². The molecule has 0 saturated carbocycles. The molecule has 0 aliphatic carbocycles. The minimum Gasteiger partial charge on any atom is -0.467 e. The number of benzene rings is 1. The fraction of sp³-hybridized carbons (Fsp3) is 0.238. The van der Waals surface area contributed by atoms with Crippen LogP contribution in [-0.4, -0.2) is 30.6 Å². The number of esters is 1. The van der Waals surface area contributed by atoms with Crippen molar-refractivity contribution in [1.29, 1.82) is 5.26 Å². The third-order valence-corrected chi connectivity index (χ3v) is 5.49. The van der Waals surface area contributed by atoms with Crippen LogP contribution < -0.4 is 10.6 Å². The number of nitrogens with zero attached hydrogens (tertiary/aromatic N) is 1. The van der Waals surface area contributed by atoms with Gasteiger partial charge in [0.05, 0.1) is 47.9 Å². The molecule has 0 radical (unpaired) electrons. The highest BCUT2D eigenvalue weighted by Crippen LogP contribution is 2.36. The van der Waals surface area contributed by atoms with Crippen molar-refractivity contribution in [1.82, 2.24) is 10.6 Å². The maximum atomic E-state index is 12.2. The standard InChI is InChI=1S/C21H19N3O5S/c1-28-21(27)14-6-4-13(5-7-14)16-9-18(25)24-20(17(16)10-22)30-12-19(26)23-11-15-3-2-8-29-15/h2-8,16H,9,11-12H2,1H3,(H,23,26)(H,24,25)/t16-/m0/s1. The first-order valence-electron chi connectivity index (χ1n) is 9.06. The Morgan fingerprint density at radius 1 is 1.33 bits per heavy atom. The van der Waals surface area contributed by atoms with Gasteiger partial charge in [-0.15, -0.1) is 0 Å². The maximum absolute atomic E-state index is 12.2. The quantitative estimate of drug-likeness (QED) is 0.654. The fourth-order valence-corrected chi connectivity index (χ4v) is 3.88. The molecule has 0 unspecified atom stereocenters. The minimum atomic E-state index is -0.462. The summed E-state index contributed by atoms with van der Waals surface area (Å²) in [5.41, 5.74) is 1.49. The van der Waals surface area contributed by atoms with Gasteiger partial charge in [-0.1, -0.05) is 23.9 Å². The molecule has 0 spiro atoms. The van der Waals surface area contributed by atoms with Crippen molar-refractivity contribution < 1.29 is 23.5 Å². The largest absolute Gasteiger partial charge is 0.467 e. The van der Waals surface area contributed by atoms with E-state index >= 15 is 0 Å². The number of ether oxygens (including phenoxy) is 1. The zero-order valence-corrected chi connectivity index (χ0v) is 17.0. The number of hydrogen-bond acceptors (Lipinski definition) is 7. The predicted octanol–water partition coefficient (Wildman–Crippen LogP) is 2.45. The van der Waals surface area contributed by atoms with Gasteiger partial charge in [0.1, 0.15) is 5.76 Å². The van der Waals surface area contributed by atoms with Crippen molar-refractivity contribution in [2.75, 3.05) is 12.9 Å². The molecule has 1 aliphatic heterocycles. The van der Waals surface area contributed by atoms with E-state index in [0.717, 1.165) is 17.3 Å². The number of furan rings is 1. The molecule has 3 rings (SSSR count). The number of hydrogen-bond donors (Lipinski definition) is 2. The third kappa shape index (κ3) is 5.10. The van der Waals surface area contributed by atoms with Crippen molar-refractivity contribution in [3.8, 4) is 6.07 Å². The van der Waals surface area contributed by atoms with Crippen LogP contribution in [0.1, 0.15) is 34.0 Å². The minimum absolute atomic E-state index is 0.0372. The predicted molar refractivity (Wildman–Crippen MR) is 109 cm³/mol. The summed E-state index contributed by atoms with van der Waals surface area (Å²) < 4.78 is 9.84. The average molecular weight is 425 g/mol. The van der Waals surface area contributed by atoms with Gasteiger partial charge in [0.25, 0.3) is 0 Å². The van der Waals surface area contributed by atoms with Gasteiger partial charge in [-0.3, -0.25) is 9.59 Å². The first-order valence-corrected chi connectivity index (χ1v) is 10.0. The van der Waals surface area contributed by atoms with E-state index in [1.165, 1.54) is 13.4 Å². The molecule has 0 saturated heterocycles. The van der Waals surface area contributed by atoms with E-state index in [0.29, 0.717) is 21.9 Å². The summed E-state index contributed by atoms with van der Waals surface area (Å²) in [4.78, 5) is 35.9. The summed E-state index contributed by atoms with van der Waals surface area (Å²) in [6, 6.07) is 12.2. The Bertz CT molecular complexity index is 1010. The molecule has 30 heavy (non-hydrogen) atoms. The lowest BCUT2D eigenvalue weighted by Crippen LogP contribution is -2.32. The number of nitriles is 1. The lowest BCUT2D eigenvalue weighted by Gasteiger charge is -2.25.